The van der Waals surface area contributed by atoms with Crippen molar-refractivity contribution in [2.45, 2.75) is 25.8 Å². The Morgan fingerprint density at radius 2 is 1.90 bits per heavy atom. The maximum Gasteiger partial charge on any atom is 0.304 e. The van der Waals surface area contributed by atoms with Crippen LogP contribution >= 0.6 is 0 Å². The first-order chi connectivity index (χ1) is 10.0. The minimum atomic E-state index is -0.847. The number of nitrogens with one attached hydrogen (secondary N) is 2. The molecule has 1 amide bonds. The van der Waals surface area contributed by atoms with Gasteiger partial charge in [-0.15, -0.1) is 0 Å². The highest BCUT2D eigenvalue weighted by atomic mass is 16.5. The quantitative estimate of drug-likeness (QED) is 0.587. The van der Waals surface area contributed by atoms with Gasteiger partial charge in [-0.25, -0.2) is 0 Å². The lowest BCUT2D eigenvalue weighted by atomic mass is 10.0. The van der Waals surface area contributed by atoms with Crippen molar-refractivity contribution in [2.24, 2.45) is 0 Å². The molecule has 1 atom stereocenters. The fraction of sp³-hybridized carbons (Fsp3) is 0.467. The van der Waals surface area contributed by atoms with Crippen molar-refractivity contribution in [1.29, 1.82) is 0 Å². The van der Waals surface area contributed by atoms with E-state index in [4.69, 9.17) is 9.84 Å². The summed E-state index contributed by atoms with van der Waals surface area (Å²) in [6, 6.07) is 7.37. The summed E-state index contributed by atoms with van der Waals surface area (Å²) in [5.74, 6) is -0.172. The molecule has 0 spiro atoms. The van der Waals surface area contributed by atoms with E-state index in [1.165, 1.54) is 6.92 Å². The summed E-state index contributed by atoms with van der Waals surface area (Å²) >= 11 is 0. The van der Waals surface area contributed by atoms with Crippen molar-refractivity contribution in [3.63, 3.8) is 0 Å². The minimum Gasteiger partial charge on any atom is -0.497 e. The standard InChI is InChI=1S/C15H22N2O4/c1-11(18)16-7-8-17-13(10-15(19)20)9-12-3-5-14(21-2)6-4-12/h3-6,13,17H,7-10H2,1-2H3,(H,16,18)(H,19,20). The molecule has 21 heavy (non-hydrogen) atoms. The molecule has 3 N–H and O–H groups in total. The largest absolute Gasteiger partial charge is 0.497 e. The lowest BCUT2D eigenvalue weighted by molar-refractivity contribution is -0.137. The summed E-state index contributed by atoms with van der Waals surface area (Å²) in [5.41, 5.74) is 1.04. The van der Waals surface area contributed by atoms with Crippen LogP contribution in [0.5, 0.6) is 5.75 Å². The number of benzene rings is 1. The van der Waals surface area contributed by atoms with Gasteiger partial charge in [-0.1, -0.05) is 12.1 Å². The maximum atomic E-state index is 10.9. The van der Waals surface area contributed by atoms with Crippen molar-refractivity contribution in [3.05, 3.63) is 29.8 Å². The van der Waals surface area contributed by atoms with Crippen LogP contribution in [-0.2, 0) is 16.0 Å². The van der Waals surface area contributed by atoms with Crippen molar-refractivity contribution >= 4 is 11.9 Å². The average Bonchev–Trinajstić information content (AvgIpc) is 2.43. The number of aliphatic carboxylic acids is 1. The fourth-order valence-corrected chi connectivity index (χ4v) is 1.99. The molecule has 0 aromatic heterocycles. The van der Waals surface area contributed by atoms with Crippen molar-refractivity contribution in [2.75, 3.05) is 20.2 Å². The third-order valence-corrected chi connectivity index (χ3v) is 2.99. The van der Waals surface area contributed by atoms with Gasteiger partial charge in [0.1, 0.15) is 5.75 Å². The molecule has 1 unspecified atom stereocenters. The highest BCUT2D eigenvalue weighted by molar-refractivity contribution is 5.72. The molecule has 0 heterocycles. The normalized spacial score (nSPS) is 11.7. The van der Waals surface area contributed by atoms with Crippen LogP contribution in [0, 0.1) is 0 Å². The van der Waals surface area contributed by atoms with E-state index >= 15 is 0 Å². The van der Waals surface area contributed by atoms with E-state index in [-0.39, 0.29) is 18.4 Å². The molecule has 0 aliphatic heterocycles. The van der Waals surface area contributed by atoms with Crippen LogP contribution in [0.3, 0.4) is 0 Å². The van der Waals surface area contributed by atoms with Gasteiger partial charge in [0.05, 0.1) is 13.5 Å². The number of methoxy groups -OCH3 is 1. The molecule has 0 aliphatic rings. The molecule has 0 bridgehead atoms. The Bertz CT molecular complexity index is 459. The van der Waals surface area contributed by atoms with Gasteiger partial charge < -0.3 is 20.5 Å². The molecule has 6 heteroatoms. The second-order valence-electron chi connectivity index (χ2n) is 4.78. The van der Waals surface area contributed by atoms with Crippen molar-refractivity contribution < 1.29 is 19.4 Å². The molecular weight excluding hydrogens is 272 g/mol. The smallest absolute Gasteiger partial charge is 0.304 e. The van der Waals surface area contributed by atoms with Crippen LogP contribution in [0.4, 0.5) is 0 Å². The number of hydrogen-bond donors (Lipinski definition) is 3. The number of carboxylic acid groups (broad SMARTS) is 1. The minimum absolute atomic E-state index is 0.0338. The first kappa shape index (κ1) is 17.0. The van der Waals surface area contributed by atoms with Gasteiger partial charge in [0, 0.05) is 26.1 Å². The first-order valence-corrected chi connectivity index (χ1v) is 6.83. The van der Waals surface area contributed by atoms with Gasteiger partial charge in [-0.05, 0) is 24.1 Å². The molecule has 0 saturated carbocycles. The van der Waals surface area contributed by atoms with Gasteiger partial charge >= 0.3 is 5.97 Å². The van der Waals surface area contributed by atoms with Crippen LogP contribution in [0.15, 0.2) is 24.3 Å². The highest BCUT2D eigenvalue weighted by Crippen LogP contribution is 2.13. The summed E-state index contributed by atoms with van der Waals surface area (Å²) in [4.78, 5) is 21.7. The Kier molecular flexibility index (Phi) is 7.25. The highest BCUT2D eigenvalue weighted by Gasteiger charge is 2.13. The Morgan fingerprint density at radius 3 is 2.43 bits per heavy atom. The molecule has 6 nitrogen and oxygen atoms in total. The van der Waals surface area contributed by atoms with E-state index in [9.17, 15) is 9.59 Å². The molecule has 0 aliphatic carbocycles. The van der Waals surface area contributed by atoms with Gasteiger partial charge in [-0.2, -0.15) is 0 Å². The molecule has 116 valence electrons. The van der Waals surface area contributed by atoms with Gasteiger partial charge in [0.25, 0.3) is 0 Å². The molecule has 1 aromatic rings. The van der Waals surface area contributed by atoms with E-state index < -0.39 is 5.97 Å². The van der Waals surface area contributed by atoms with E-state index in [2.05, 4.69) is 10.6 Å². The summed E-state index contributed by atoms with van der Waals surface area (Å²) in [7, 11) is 1.60. The van der Waals surface area contributed by atoms with Gasteiger partial charge in [-0.3, -0.25) is 9.59 Å². The monoisotopic (exact) mass is 294 g/mol. The first-order valence-electron chi connectivity index (χ1n) is 6.83. The van der Waals surface area contributed by atoms with Crippen LogP contribution in [-0.4, -0.2) is 43.2 Å². The van der Waals surface area contributed by atoms with E-state index in [1.807, 2.05) is 24.3 Å². The predicted octanol–water partition coefficient (Wildman–Crippen LogP) is 0.807. The topological polar surface area (TPSA) is 87.7 Å². The number of amides is 1. The van der Waals surface area contributed by atoms with E-state index in [0.717, 1.165) is 11.3 Å². The third kappa shape index (κ3) is 7.31. The second kappa shape index (κ2) is 8.97. The zero-order valence-electron chi connectivity index (χ0n) is 12.4. The average molecular weight is 294 g/mol. The Labute approximate surface area is 124 Å². The summed E-state index contributed by atoms with van der Waals surface area (Å²) in [6.45, 7) is 2.47. The SMILES string of the molecule is COc1ccc(CC(CC(=O)O)NCCNC(C)=O)cc1. The molecular formula is C15H22N2O4. The van der Waals surface area contributed by atoms with Crippen LogP contribution in [0.25, 0.3) is 0 Å². The van der Waals surface area contributed by atoms with Gasteiger partial charge in [0.2, 0.25) is 5.91 Å². The predicted molar refractivity (Wildman–Crippen MR) is 79.4 cm³/mol. The van der Waals surface area contributed by atoms with E-state index in [1.54, 1.807) is 7.11 Å². The molecule has 1 rings (SSSR count). The summed E-state index contributed by atoms with van der Waals surface area (Å²) in [6.07, 6.45) is 0.641. The lowest BCUT2D eigenvalue weighted by Gasteiger charge is -2.17. The zero-order chi connectivity index (χ0) is 15.7. The Morgan fingerprint density at radius 1 is 1.24 bits per heavy atom. The summed E-state index contributed by atoms with van der Waals surface area (Å²) in [5, 5.41) is 14.8. The third-order valence-electron chi connectivity index (χ3n) is 2.99. The summed E-state index contributed by atoms with van der Waals surface area (Å²) < 4.78 is 5.09. The van der Waals surface area contributed by atoms with Crippen molar-refractivity contribution in [3.8, 4) is 5.75 Å². The number of carboxylic acids is 1. The van der Waals surface area contributed by atoms with Gasteiger partial charge in [0.15, 0.2) is 0 Å². The van der Waals surface area contributed by atoms with Crippen LogP contribution in [0.2, 0.25) is 0 Å². The van der Waals surface area contributed by atoms with E-state index in [0.29, 0.717) is 19.5 Å². The lowest BCUT2D eigenvalue weighted by Crippen LogP contribution is -2.38. The van der Waals surface area contributed by atoms with Crippen molar-refractivity contribution in [1.82, 2.24) is 10.6 Å². The fourth-order valence-electron chi connectivity index (χ4n) is 1.99. The second-order valence-corrected chi connectivity index (χ2v) is 4.78. The number of rotatable bonds is 9. The zero-order valence-corrected chi connectivity index (χ0v) is 12.4. The number of carbonyl (C=O) groups excluding carboxylic acids is 1. The molecule has 0 fully saturated rings. The molecule has 0 saturated heterocycles. The molecule has 1 aromatic carbocycles. The number of carbonyl (C=O) groups is 2. The number of ether oxygens (including phenoxy) is 1. The van der Waals surface area contributed by atoms with Crippen LogP contribution < -0.4 is 15.4 Å². The maximum absolute atomic E-state index is 10.9. The van der Waals surface area contributed by atoms with Crippen LogP contribution in [0.1, 0.15) is 18.9 Å². The Hall–Kier alpha value is -2.08. The number of hydrogen-bond acceptors (Lipinski definition) is 4. The Balaban J connectivity index is 2.51. The molecule has 0 radical (unpaired) electrons.